The molecule has 4 N–H and O–H groups in total. The van der Waals surface area contributed by atoms with Crippen molar-refractivity contribution < 1.29 is 18.4 Å². The highest BCUT2D eigenvalue weighted by atomic mass is 32.2. The van der Waals surface area contributed by atoms with Crippen LogP contribution < -0.4 is 5.32 Å². The SMILES string of the molecule is CN[C@@H](C)[C@@H](O)c1ccccc1.O=S(O)O. The molecule has 0 spiro atoms. The maximum atomic E-state index is 9.73. The highest BCUT2D eigenvalue weighted by Crippen LogP contribution is 2.15. The number of nitrogens with one attached hydrogen (secondary N) is 1. The van der Waals surface area contributed by atoms with Crippen molar-refractivity contribution in [3.05, 3.63) is 35.9 Å². The van der Waals surface area contributed by atoms with Crippen LogP contribution in [-0.2, 0) is 11.4 Å². The molecule has 1 aromatic rings. The van der Waals surface area contributed by atoms with Gasteiger partial charge in [-0.2, -0.15) is 4.21 Å². The summed E-state index contributed by atoms with van der Waals surface area (Å²) < 4.78 is 22.8. The molecule has 1 rings (SSSR count). The van der Waals surface area contributed by atoms with E-state index < -0.39 is 17.5 Å². The van der Waals surface area contributed by atoms with Gasteiger partial charge in [0.2, 0.25) is 0 Å². The quantitative estimate of drug-likeness (QED) is 0.598. The van der Waals surface area contributed by atoms with E-state index in [4.69, 9.17) is 13.3 Å². The van der Waals surface area contributed by atoms with Gasteiger partial charge >= 0.3 is 0 Å². The summed E-state index contributed by atoms with van der Waals surface area (Å²) in [5.41, 5.74) is 0.958. The maximum absolute atomic E-state index is 9.73. The summed E-state index contributed by atoms with van der Waals surface area (Å²) in [6.07, 6.45) is -0.420. The van der Waals surface area contributed by atoms with E-state index in [0.29, 0.717) is 0 Å². The highest BCUT2D eigenvalue weighted by Gasteiger charge is 2.12. The van der Waals surface area contributed by atoms with Crippen LogP contribution in [0.2, 0.25) is 0 Å². The van der Waals surface area contributed by atoms with Crippen LogP contribution in [0.4, 0.5) is 0 Å². The Balaban J connectivity index is 0.000000487. The number of rotatable bonds is 3. The van der Waals surface area contributed by atoms with E-state index in [2.05, 4.69) is 5.32 Å². The molecule has 0 heterocycles. The molecule has 5 nitrogen and oxygen atoms in total. The first-order valence-corrected chi connectivity index (χ1v) is 5.75. The second-order valence-electron chi connectivity index (χ2n) is 3.16. The normalized spacial score (nSPS) is 13.9. The van der Waals surface area contributed by atoms with Crippen molar-refractivity contribution in [3.8, 4) is 0 Å². The standard InChI is InChI=1S/C10H15NO.H2O3S/c1-8(11-2)10(12)9-6-4-3-5-7-9;1-4(2)3/h3-8,10-12H,1-2H3;(H2,1,2,3)/t8-,10+;/m0./s1. The summed E-state index contributed by atoms with van der Waals surface area (Å²) in [6.45, 7) is 1.96. The Morgan fingerprint density at radius 3 is 2.06 bits per heavy atom. The van der Waals surface area contributed by atoms with Crippen LogP contribution in [0.25, 0.3) is 0 Å². The molecule has 0 radical (unpaired) electrons. The minimum Gasteiger partial charge on any atom is -0.387 e. The van der Waals surface area contributed by atoms with E-state index in [-0.39, 0.29) is 6.04 Å². The van der Waals surface area contributed by atoms with Crippen molar-refractivity contribution in [3.63, 3.8) is 0 Å². The molecular formula is C10H17NO4S. The third kappa shape index (κ3) is 6.65. The zero-order valence-corrected chi connectivity index (χ0v) is 10.0. The Labute approximate surface area is 97.6 Å². The van der Waals surface area contributed by atoms with Crippen LogP contribution >= 0.6 is 0 Å². The van der Waals surface area contributed by atoms with Gasteiger partial charge in [-0.3, -0.25) is 9.11 Å². The van der Waals surface area contributed by atoms with Gasteiger partial charge in [-0.25, -0.2) is 0 Å². The molecule has 0 fully saturated rings. The van der Waals surface area contributed by atoms with Crippen molar-refractivity contribution in [2.24, 2.45) is 0 Å². The number of likely N-dealkylation sites (N-methyl/N-ethyl adjacent to an activating group) is 1. The third-order valence-corrected chi connectivity index (χ3v) is 2.07. The number of hydrogen-bond acceptors (Lipinski definition) is 3. The lowest BCUT2D eigenvalue weighted by Crippen LogP contribution is -2.28. The van der Waals surface area contributed by atoms with Crippen molar-refractivity contribution >= 4 is 11.4 Å². The first kappa shape index (κ1) is 15.2. The highest BCUT2D eigenvalue weighted by molar-refractivity contribution is 7.73. The monoisotopic (exact) mass is 247 g/mol. The smallest absolute Gasteiger partial charge is 0.299 e. The van der Waals surface area contributed by atoms with Crippen LogP contribution in [0.3, 0.4) is 0 Å². The van der Waals surface area contributed by atoms with Crippen LogP contribution in [0, 0.1) is 0 Å². The molecule has 0 aromatic heterocycles. The van der Waals surface area contributed by atoms with Crippen molar-refractivity contribution in [1.29, 1.82) is 0 Å². The molecule has 0 saturated carbocycles. The molecule has 92 valence electrons. The molecule has 0 saturated heterocycles. The van der Waals surface area contributed by atoms with E-state index in [1.807, 2.05) is 44.3 Å². The predicted octanol–water partition coefficient (Wildman–Crippen LogP) is 1.01. The molecule has 0 unspecified atom stereocenters. The predicted molar refractivity (Wildman–Crippen MR) is 63.3 cm³/mol. The minimum atomic E-state index is -2.61. The molecule has 16 heavy (non-hydrogen) atoms. The Bertz CT molecular complexity index is 303. The maximum Gasteiger partial charge on any atom is 0.299 e. The van der Waals surface area contributed by atoms with Crippen LogP contribution in [0.1, 0.15) is 18.6 Å². The summed E-state index contributed by atoms with van der Waals surface area (Å²) in [4.78, 5) is 0. The molecule has 1 aromatic carbocycles. The first-order valence-electron chi connectivity index (χ1n) is 4.69. The van der Waals surface area contributed by atoms with Gasteiger partial charge in [0, 0.05) is 6.04 Å². The Morgan fingerprint density at radius 1 is 1.25 bits per heavy atom. The van der Waals surface area contributed by atoms with E-state index in [1.165, 1.54) is 0 Å². The fraction of sp³-hybridized carbons (Fsp3) is 0.400. The third-order valence-electron chi connectivity index (χ3n) is 2.07. The summed E-state index contributed by atoms with van der Waals surface area (Å²) in [6, 6.07) is 9.76. The zero-order valence-electron chi connectivity index (χ0n) is 9.20. The van der Waals surface area contributed by atoms with Gasteiger partial charge < -0.3 is 10.4 Å². The molecule has 6 heteroatoms. The van der Waals surface area contributed by atoms with Crippen molar-refractivity contribution in [2.75, 3.05) is 7.05 Å². The lowest BCUT2D eigenvalue weighted by molar-refractivity contribution is 0.140. The number of benzene rings is 1. The van der Waals surface area contributed by atoms with E-state index in [1.54, 1.807) is 0 Å². The second-order valence-corrected chi connectivity index (χ2v) is 3.63. The fourth-order valence-corrected chi connectivity index (χ4v) is 1.10. The molecule has 0 aliphatic carbocycles. The van der Waals surface area contributed by atoms with E-state index in [9.17, 15) is 5.11 Å². The Morgan fingerprint density at radius 2 is 1.69 bits per heavy atom. The number of aliphatic hydroxyl groups is 1. The number of hydrogen-bond donors (Lipinski definition) is 4. The van der Waals surface area contributed by atoms with E-state index >= 15 is 0 Å². The van der Waals surface area contributed by atoms with Gasteiger partial charge in [0.15, 0.2) is 0 Å². The van der Waals surface area contributed by atoms with Gasteiger partial charge in [-0.15, -0.1) is 0 Å². The van der Waals surface area contributed by atoms with Crippen LogP contribution in [0.15, 0.2) is 30.3 Å². The summed E-state index contributed by atoms with van der Waals surface area (Å²) in [7, 11) is 1.84. The lowest BCUT2D eigenvalue weighted by atomic mass is 10.0. The first-order chi connectivity index (χ1) is 7.49. The minimum absolute atomic E-state index is 0.0902. The van der Waals surface area contributed by atoms with Gasteiger partial charge in [0.25, 0.3) is 11.4 Å². The fourth-order valence-electron chi connectivity index (χ4n) is 1.10. The van der Waals surface area contributed by atoms with Crippen molar-refractivity contribution in [1.82, 2.24) is 5.32 Å². The molecule has 2 atom stereocenters. The molecular weight excluding hydrogens is 230 g/mol. The zero-order chi connectivity index (χ0) is 12.6. The largest absolute Gasteiger partial charge is 0.387 e. The topological polar surface area (TPSA) is 89.8 Å². The Hall–Kier alpha value is -0.790. The Kier molecular flexibility index (Phi) is 7.96. The van der Waals surface area contributed by atoms with Crippen LogP contribution in [-0.4, -0.2) is 31.5 Å². The van der Waals surface area contributed by atoms with Gasteiger partial charge in [0.1, 0.15) is 0 Å². The molecule has 0 amide bonds. The molecule has 0 bridgehead atoms. The lowest BCUT2D eigenvalue weighted by Gasteiger charge is -2.17. The summed E-state index contributed by atoms with van der Waals surface area (Å²) >= 11 is -2.61. The molecule has 0 aliphatic rings. The van der Waals surface area contributed by atoms with Gasteiger partial charge in [-0.1, -0.05) is 30.3 Å². The van der Waals surface area contributed by atoms with Crippen LogP contribution in [0.5, 0.6) is 0 Å². The summed E-state index contributed by atoms with van der Waals surface area (Å²) in [5, 5.41) is 12.7. The average Bonchev–Trinajstić information content (AvgIpc) is 2.27. The van der Waals surface area contributed by atoms with Gasteiger partial charge in [0.05, 0.1) is 6.10 Å². The van der Waals surface area contributed by atoms with Gasteiger partial charge in [-0.05, 0) is 19.5 Å². The second kappa shape index (κ2) is 8.37. The number of aliphatic hydroxyl groups excluding tert-OH is 1. The average molecular weight is 247 g/mol. The van der Waals surface area contributed by atoms with E-state index in [0.717, 1.165) is 5.56 Å². The van der Waals surface area contributed by atoms with Crippen molar-refractivity contribution in [2.45, 2.75) is 19.1 Å². The summed E-state index contributed by atoms with van der Waals surface area (Å²) in [5.74, 6) is 0. The molecule has 0 aliphatic heterocycles.